The first-order valence-corrected chi connectivity index (χ1v) is 7.78. The lowest BCUT2D eigenvalue weighted by Crippen LogP contribution is -2.23. The summed E-state index contributed by atoms with van der Waals surface area (Å²) in [4.78, 5) is 20.9. The Labute approximate surface area is 142 Å². The second kappa shape index (κ2) is 5.90. The molecule has 0 fully saturated rings. The number of aromatic nitrogens is 7. The molecule has 3 aromatic heterocycles. The van der Waals surface area contributed by atoms with Gasteiger partial charge in [-0.05, 0) is 41.5 Å². The number of pyridine rings is 1. The van der Waals surface area contributed by atoms with Gasteiger partial charge in [0, 0.05) is 6.20 Å². The summed E-state index contributed by atoms with van der Waals surface area (Å²) in [6.07, 6.45) is 4.65. The molecule has 124 valence electrons. The normalized spacial score (nSPS) is 11.1. The summed E-state index contributed by atoms with van der Waals surface area (Å²) in [6, 6.07) is 7.66. The smallest absolute Gasteiger partial charge is 0.261 e. The van der Waals surface area contributed by atoms with Crippen molar-refractivity contribution in [3.63, 3.8) is 0 Å². The van der Waals surface area contributed by atoms with E-state index in [1.165, 1.54) is 10.9 Å². The van der Waals surface area contributed by atoms with Crippen LogP contribution >= 0.6 is 0 Å². The fourth-order valence-electron chi connectivity index (χ4n) is 2.89. The fraction of sp³-hybridized carbons (Fsp3) is 0.176. The number of tetrazole rings is 1. The molecule has 0 aliphatic carbocycles. The lowest BCUT2D eigenvalue weighted by atomic mass is 10.1. The van der Waals surface area contributed by atoms with Crippen LogP contribution in [0, 0.1) is 13.8 Å². The summed E-state index contributed by atoms with van der Waals surface area (Å²) < 4.78 is 3.17. The van der Waals surface area contributed by atoms with Crippen molar-refractivity contribution in [2.24, 2.45) is 0 Å². The number of para-hydroxylation sites is 1. The summed E-state index contributed by atoms with van der Waals surface area (Å²) >= 11 is 0. The first-order valence-electron chi connectivity index (χ1n) is 7.78. The maximum Gasteiger partial charge on any atom is 0.261 e. The molecule has 0 N–H and O–H groups in total. The van der Waals surface area contributed by atoms with Crippen molar-refractivity contribution in [3.05, 3.63) is 70.3 Å². The molecular weight excluding hydrogens is 318 g/mol. The van der Waals surface area contributed by atoms with Crippen LogP contribution in [-0.4, -0.2) is 34.7 Å². The zero-order valence-corrected chi connectivity index (χ0v) is 13.8. The summed E-state index contributed by atoms with van der Waals surface area (Å²) in [5, 5.41) is 12.5. The van der Waals surface area contributed by atoms with Crippen molar-refractivity contribution in [1.82, 2.24) is 34.7 Å². The van der Waals surface area contributed by atoms with Gasteiger partial charge in [0.05, 0.1) is 35.7 Å². The van der Waals surface area contributed by atoms with Crippen molar-refractivity contribution in [3.8, 4) is 5.69 Å². The highest BCUT2D eigenvalue weighted by atomic mass is 16.1. The zero-order chi connectivity index (χ0) is 17.4. The van der Waals surface area contributed by atoms with Gasteiger partial charge in [0.15, 0.2) is 5.82 Å². The molecule has 8 heteroatoms. The number of nitrogens with zero attached hydrogens (tertiary/aromatic N) is 7. The van der Waals surface area contributed by atoms with Crippen LogP contribution in [0.4, 0.5) is 0 Å². The van der Waals surface area contributed by atoms with Gasteiger partial charge in [-0.1, -0.05) is 18.2 Å². The van der Waals surface area contributed by atoms with Crippen LogP contribution in [0.25, 0.3) is 16.6 Å². The number of aryl methyl sites for hydroxylation is 2. The molecule has 0 atom stereocenters. The van der Waals surface area contributed by atoms with Crippen LogP contribution in [-0.2, 0) is 6.54 Å². The number of rotatable bonds is 3. The van der Waals surface area contributed by atoms with Gasteiger partial charge in [-0.2, -0.15) is 4.68 Å². The van der Waals surface area contributed by atoms with Gasteiger partial charge in [0.25, 0.3) is 5.56 Å². The maximum absolute atomic E-state index is 12.7. The molecule has 25 heavy (non-hydrogen) atoms. The van der Waals surface area contributed by atoms with Gasteiger partial charge in [-0.3, -0.25) is 14.3 Å². The Hall–Kier alpha value is -3.42. The van der Waals surface area contributed by atoms with Gasteiger partial charge < -0.3 is 0 Å². The second-order valence-corrected chi connectivity index (χ2v) is 5.82. The van der Waals surface area contributed by atoms with E-state index in [9.17, 15) is 4.79 Å². The van der Waals surface area contributed by atoms with E-state index in [0.717, 1.165) is 16.8 Å². The molecule has 8 nitrogen and oxygen atoms in total. The molecule has 0 bridgehead atoms. The minimum atomic E-state index is -0.150. The van der Waals surface area contributed by atoms with E-state index < -0.39 is 0 Å². The zero-order valence-electron chi connectivity index (χ0n) is 13.8. The summed E-state index contributed by atoms with van der Waals surface area (Å²) in [7, 11) is 0. The summed E-state index contributed by atoms with van der Waals surface area (Å²) in [5.41, 5.74) is 3.46. The van der Waals surface area contributed by atoms with E-state index in [4.69, 9.17) is 0 Å². The van der Waals surface area contributed by atoms with Crippen molar-refractivity contribution >= 4 is 10.9 Å². The highest BCUT2D eigenvalue weighted by Crippen LogP contribution is 2.18. The third-order valence-electron chi connectivity index (χ3n) is 4.12. The molecule has 4 rings (SSSR count). The van der Waals surface area contributed by atoms with Crippen molar-refractivity contribution < 1.29 is 0 Å². The van der Waals surface area contributed by atoms with Gasteiger partial charge in [0.1, 0.15) is 0 Å². The number of hydrogen-bond acceptors (Lipinski definition) is 6. The van der Waals surface area contributed by atoms with E-state index in [0.29, 0.717) is 16.7 Å². The lowest BCUT2D eigenvalue weighted by molar-refractivity contribution is 0.672. The average Bonchev–Trinajstić information content (AvgIpc) is 3.05. The SMILES string of the molecule is Cc1cccc(C)c1-n1nnnc1Cn1cnc2cnccc2c1=O. The Morgan fingerprint density at radius 2 is 1.92 bits per heavy atom. The highest BCUT2D eigenvalue weighted by Gasteiger charge is 2.14. The monoisotopic (exact) mass is 333 g/mol. The van der Waals surface area contributed by atoms with Gasteiger partial charge >= 0.3 is 0 Å². The van der Waals surface area contributed by atoms with Crippen LogP contribution < -0.4 is 5.56 Å². The molecule has 0 radical (unpaired) electrons. The van der Waals surface area contributed by atoms with E-state index >= 15 is 0 Å². The molecule has 4 aromatic rings. The van der Waals surface area contributed by atoms with Crippen LogP contribution in [0.15, 0.2) is 47.8 Å². The molecule has 3 heterocycles. The van der Waals surface area contributed by atoms with Crippen LogP contribution in [0.5, 0.6) is 0 Å². The fourth-order valence-corrected chi connectivity index (χ4v) is 2.89. The molecule has 0 saturated carbocycles. The minimum Gasteiger partial charge on any atom is -0.291 e. The van der Waals surface area contributed by atoms with Crippen molar-refractivity contribution in [2.75, 3.05) is 0 Å². The van der Waals surface area contributed by atoms with Crippen molar-refractivity contribution in [2.45, 2.75) is 20.4 Å². The third kappa shape index (κ3) is 2.57. The Morgan fingerprint density at radius 3 is 2.72 bits per heavy atom. The van der Waals surface area contributed by atoms with Crippen molar-refractivity contribution in [1.29, 1.82) is 0 Å². The predicted octanol–water partition coefficient (Wildman–Crippen LogP) is 1.43. The Bertz CT molecular complexity index is 1110. The molecular formula is C17H15N7O. The number of fused-ring (bicyclic) bond motifs is 1. The molecule has 0 amide bonds. The number of benzene rings is 1. The Morgan fingerprint density at radius 1 is 1.12 bits per heavy atom. The standard InChI is InChI=1S/C17H15N7O/c1-11-4-3-5-12(2)16(11)24-15(20-21-22-24)9-23-10-19-14-8-18-7-6-13(14)17(23)25/h3-8,10H,9H2,1-2H3. The molecule has 1 aromatic carbocycles. The van der Waals surface area contributed by atoms with Gasteiger partial charge in [-0.15, -0.1) is 5.10 Å². The van der Waals surface area contributed by atoms with E-state index in [2.05, 4.69) is 25.5 Å². The molecule has 0 aliphatic heterocycles. The maximum atomic E-state index is 12.7. The summed E-state index contributed by atoms with van der Waals surface area (Å²) in [5.74, 6) is 0.565. The van der Waals surface area contributed by atoms with E-state index in [-0.39, 0.29) is 12.1 Å². The van der Waals surface area contributed by atoms with E-state index in [1.54, 1.807) is 23.1 Å². The molecule has 0 aliphatic rings. The predicted molar refractivity (Wildman–Crippen MR) is 91.5 cm³/mol. The lowest BCUT2D eigenvalue weighted by Gasteiger charge is -2.11. The number of hydrogen-bond donors (Lipinski definition) is 0. The highest BCUT2D eigenvalue weighted by molar-refractivity contribution is 5.75. The average molecular weight is 333 g/mol. The topological polar surface area (TPSA) is 91.4 Å². The van der Waals surface area contributed by atoms with Crippen LogP contribution in [0.2, 0.25) is 0 Å². The quantitative estimate of drug-likeness (QED) is 0.563. The van der Waals surface area contributed by atoms with Gasteiger partial charge in [0.2, 0.25) is 0 Å². The first-order chi connectivity index (χ1) is 12.1. The molecule has 0 unspecified atom stereocenters. The largest absolute Gasteiger partial charge is 0.291 e. The summed E-state index contributed by atoms with van der Waals surface area (Å²) in [6.45, 7) is 4.24. The minimum absolute atomic E-state index is 0.150. The second-order valence-electron chi connectivity index (χ2n) is 5.82. The third-order valence-corrected chi connectivity index (χ3v) is 4.12. The Kier molecular flexibility index (Phi) is 3.57. The van der Waals surface area contributed by atoms with Crippen LogP contribution in [0.3, 0.4) is 0 Å². The first kappa shape index (κ1) is 15.1. The van der Waals surface area contributed by atoms with Crippen LogP contribution in [0.1, 0.15) is 17.0 Å². The van der Waals surface area contributed by atoms with Gasteiger partial charge in [-0.25, -0.2) is 4.98 Å². The Balaban J connectivity index is 1.80. The molecule has 0 spiro atoms. The molecule has 0 saturated heterocycles. The van der Waals surface area contributed by atoms with E-state index in [1.807, 2.05) is 32.0 Å².